The fourth-order valence-corrected chi connectivity index (χ4v) is 3.05. The molecule has 1 heterocycles. The molecule has 1 aromatic carbocycles. The van der Waals surface area contributed by atoms with Crippen molar-refractivity contribution in [1.82, 2.24) is 4.98 Å². The van der Waals surface area contributed by atoms with Gasteiger partial charge < -0.3 is 0 Å². The Kier molecular flexibility index (Phi) is 2.65. The molecule has 0 saturated carbocycles. The number of rotatable bonds is 2. The minimum atomic E-state index is -0.0852. The molecule has 0 atom stereocenters. The lowest BCUT2D eigenvalue weighted by atomic mass is 10.2. The number of hydrogen-bond acceptors (Lipinski definition) is 3. The molecule has 1 aromatic heterocycles. The second-order valence-electron chi connectivity index (χ2n) is 4.06. The molecule has 0 aliphatic heterocycles. The number of nitrogens with zero attached hydrogens (tertiary/aromatic N) is 1. The molecule has 2 aromatic rings. The Labute approximate surface area is 104 Å². The lowest BCUT2D eigenvalue weighted by molar-refractivity contribution is 0.102. The molecule has 0 spiro atoms. The highest BCUT2D eigenvalue weighted by Crippen LogP contribution is 2.30. The van der Waals surface area contributed by atoms with Crippen LogP contribution in [0.15, 0.2) is 30.3 Å². The monoisotopic (exact) mass is 244 g/mol. The Balaban J connectivity index is 1.77. The molecule has 1 aliphatic rings. The smallest absolute Gasteiger partial charge is 0.257 e. The molecular formula is C13H12N2OS. The molecule has 0 fully saturated rings. The summed E-state index contributed by atoms with van der Waals surface area (Å²) in [6.07, 6.45) is 3.35. The van der Waals surface area contributed by atoms with Crippen molar-refractivity contribution in [3.05, 3.63) is 46.5 Å². The molecular weight excluding hydrogens is 232 g/mol. The van der Waals surface area contributed by atoms with E-state index in [1.54, 1.807) is 23.5 Å². The van der Waals surface area contributed by atoms with Crippen LogP contribution < -0.4 is 5.32 Å². The first-order valence-corrected chi connectivity index (χ1v) is 6.49. The van der Waals surface area contributed by atoms with Crippen molar-refractivity contribution in [2.45, 2.75) is 19.3 Å². The van der Waals surface area contributed by atoms with Crippen LogP contribution in [0.25, 0.3) is 0 Å². The number of benzene rings is 1. The van der Waals surface area contributed by atoms with E-state index in [2.05, 4.69) is 10.3 Å². The molecule has 17 heavy (non-hydrogen) atoms. The van der Waals surface area contributed by atoms with Crippen LogP contribution in [-0.4, -0.2) is 10.9 Å². The van der Waals surface area contributed by atoms with Crippen molar-refractivity contribution in [2.24, 2.45) is 0 Å². The van der Waals surface area contributed by atoms with Crippen LogP contribution in [0.1, 0.15) is 27.3 Å². The maximum Gasteiger partial charge on any atom is 0.257 e. The van der Waals surface area contributed by atoms with Crippen LogP contribution in [0.5, 0.6) is 0 Å². The average molecular weight is 244 g/mol. The third-order valence-corrected chi connectivity index (χ3v) is 3.92. The third kappa shape index (κ3) is 2.08. The predicted molar refractivity (Wildman–Crippen MR) is 68.5 cm³/mol. The zero-order chi connectivity index (χ0) is 11.7. The standard InChI is InChI=1S/C13H12N2OS/c16-12(9-5-2-1-3-6-9)15-13-14-10-7-4-8-11(10)17-13/h1-3,5-6H,4,7-8H2,(H,14,15,16). The van der Waals surface area contributed by atoms with Gasteiger partial charge in [0.1, 0.15) is 0 Å². The van der Waals surface area contributed by atoms with E-state index in [-0.39, 0.29) is 5.91 Å². The summed E-state index contributed by atoms with van der Waals surface area (Å²) in [6, 6.07) is 9.22. The van der Waals surface area contributed by atoms with E-state index in [1.165, 1.54) is 17.0 Å². The quantitative estimate of drug-likeness (QED) is 0.882. The number of anilines is 1. The molecule has 3 rings (SSSR count). The summed E-state index contributed by atoms with van der Waals surface area (Å²) in [5.41, 5.74) is 1.83. The average Bonchev–Trinajstić information content (AvgIpc) is 2.90. The van der Waals surface area contributed by atoms with Gasteiger partial charge in [-0.15, -0.1) is 11.3 Å². The first-order valence-electron chi connectivity index (χ1n) is 5.68. The number of carbonyl (C=O) groups is 1. The van der Waals surface area contributed by atoms with Crippen LogP contribution >= 0.6 is 11.3 Å². The van der Waals surface area contributed by atoms with Gasteiger partial charge in [-0.1, -0.05) is 18.2 Å². The van der Waals surface area contributed by atoms with Crippen molar-refractivity contribution < 1.29 is 4.79 Å². The van der Waals surface area contributed by atoms with Gasteiger partial charge in [0.2, 0.25) is 0 Å². The van der Waals surface area contributed by atoms with Crippen LogP contribution in [0.4, 0.5) is 5.13 Å². The summed E-state index contributed by atoms with van der Waals surface area (Å²) >= 11 is 1.60. The second kappa shape index (κ2) is 4.30. The molecule has 0 unspecified atom stereocenters. The SMILES string of the molecule is O=C(Nc1nc2c(s1)CCC2)c1ccccc1. The maximum absolute atomic E-state index is 11.9. The fourth-order valence-electron chi connectivity index (χ4n) is 2.00. The van der Waals surface area contributed by atoms with Gasteiger partial charge in [-0.2, -0.15) is 0 Å². The molecule has 3 nitrogen and oxygen atoms in total. The van der Waals surface area contributed by atoms with Gasteiger partial charge in [0.25, 0.3) is 5.91 Å². The van der Waals surface area contributed by atoms with E-state index in [1.807, 2.05) is 18.2 Å². The Bertz CT molecular complexity index is 526. The van der Waals surface area contributed by atoms with Gasteiger partial charge in [0, 0.05) is 10.4 Å². The number of nitrogens with one attached hydrogen (secondary N) is 1. The molecule has 1 N–H and O–H groups in total. The third-order valence-electron chi connectivity index (χ3n) is 2.85. The van der Waals surface area contributed by atoms with Gasteiger partial charge in [0.05, 0.1) is 5.69 Å². The molecule has 1 amide bonds. The summed E-state index contributed by atoms with van der Waals surface area (Å²) in [7, 11) is 0. The number of carbonyl (C=O) groups excluding carboxylic acids is 1. The van der Waals surface area contributed by atoms with E-state index in [4.69, 9.17) is 0 Å². The Hall–Kier alpha value is -1.68. The number of amides is 1. The summed E-state index contributed by atoms with van der Waals surface area (Å²) in [6.45, 7) is 0. The maximum atomic E-state index is 11.9. The van der Waals surface area contributed by atoms with Gasteiger partial charge in [-0.25, -0.2) is 4.98 Å². The van der Waals surface area contributed by atoms with Crippen molar-refractivity contribution in [1.29, 1.82) is 0 Å². The molecule has 1 aliphatic carbocycles. The van der Waals surface area contributed by atoms with Crippen LogP contribution in [-0.2, 0) is 12.8 Å². The summed E-state index contributed by atoms with van der Waals surface area (Å²) < 4.78 is 0. The highest BCUT2D eigenvalue weighted by molar-refractivity contribution is 7.15. The number of aromatic nitrogens is 1. The topological polar surface area (TPSA) is 42.0 Å². The summed E-state index contributed by atoms with van der Waals surface area (Å²) in [5.74, 6) is -0.0852. The zero-order valence-electron chi connectivity index (χ0n) is 9.27. The Morgan fingerprint density at radius 3 is 2.82 bits per heavy atom. The van der Waals surface area contributed by atoms with E-state index in [0.717, 1.165) is 18.0 Å². The van der Waals surface area contributed by atoms with Gasteiger partial charge in [0.15, 0.2) is 5.13 Å². The first-order chi connectivity index (χ1) is 8.33. The van der Waals surface area contributed by atoms with E-state index >= 15 is 0 Å². The fraction of sp³-hybridized carbons (Fsp3) is 0.231. The molecule has 0 bridgehead atoms. The molecule has 4 heteroatoms. The van der Waals surface area contributed by atoms with Crippen molar-refractivity contribution in [3.8, 4) is 0 Å². The van der Waals surface area contributed by atoms with E-state index < -0.39 is 0 Å². The minimum absolute atomic E-state index is 0.0852. The van der Waals surface area contributed by atoms with Crippen molar-refractivity contribution in [2.75, 3.05) is 5.32 Å². The van der Waals surface area contributed by atoms with Crippen molar-refractivity contribution >= 4 is 22.4 Å². The lowest BCUT2D eigenvalue weighted by Crippen LogP contribution is -2.11. The molecule has 0 radical (unpaired) electrons. The van der Waals surface area contributed by atoms with Gasteiger partial charge in [-0.3, -0.25) is 10.1 Å². The highest BCUT2D eigenvalue weighted by atomic mass is 32.1. The van der Waals surface area contributed by atoms with Crippen molar-refractivity contribution in [3.63, 3.8) is 0 Å². The Morgan fingerprint density at radius 2 is 2.06 bits per heavy atom. The lowest BCUT2D eigenvalue weighted by Gasteiger charge is -2.00. The van der Waals surface area contributed by atoms with Crippen LogP contribution in [0.2, 0.25) is 0 Å². The first kappa shape index (κ1) is 10.5. The largest absolute Gasteiger partial charge is 0.298 e. The van der Waals surface area contributed by atoms with Crippen LogP contribution in [0, 0.1) is 0 Å². The predicted octanol–water partition coefficient (Wildman–Crippen LogP) is 2.88. The second-order valence-corrected chi connectivity index (χ2v) is 5.15. The van der Waals surface area contributed by atoms with E-state index in [9.17, 15) is 4.79 Å². The van der Waals surface area contributed by atoms with E-state index in [0.29, 0.717) is 5.56 Å². The summed E-state index contributed by atoms with van der Waals surface area (Å²) in [4.78, 5) is 17.7. The number of hydrogen-bond donors (Lipinski definition) is 1. The zero-order valence-corrected chi connectivity index (χ0v) is 10.1. The summed E-state index contributed by atoms with van der Waals surface area (Å²) in [5, 5.41) is 3.58. The number of thiazole rings is 1. The normalized spacial score (nSPS) is 13.4. The molecule has 0 saturated heterocycles. The Morgan fingerprint density at radius 1 is 1.24 bits per heavy atom. The number of aryl methyl sites for hydroxylation is 2. The minimum Gasteiger partial charge on any atom is -0.298 e. The van der Waals surface area contributed by atoms with Gasteiger partial charge >= 0.3 is 0 Å². The molecule has 86 valence electrons. The highest BCUT2D eigenvalue weighted by Gasteiger charge is 2.17. The van der Waals surface area contributed by atoms with Gasteiger partial charge in [-0.05, 0) is 31.4 Å². The number of fused-ring (bicyclic) bond motifs is 1. The van der Waals surface area contributed by atoms with Crippen LogP contribution in [0.3, 0.4) is 0 Å².